The Hall–Kier alpha value is -2.17. The fourth-order valence-electron chi connectivity index (χ4n) is 4.50. The molecule has 0 aromatic heterocycles. The number of hydrogen-bond donors (Lipinski definition) is 1. The Morgan fingerprint density at radius 1 is 1.10 bits per heavy atom. The first-order valence-corrected chi connectivity index (χ1v) is 12.1. The van der Waals surface area contributed by atoms with Crippen molar-refractivity contribution in [3.05, 3.63) is 29.8 Å². The van der Waals surface area contributed by atoms with E-state index in [-0.39, 0.29) is 29.3 Å². The number of carbonyl (C=O) groups excluding carboxylic acids is 2. The number of nitrogens with one attached hydrogen (secondary N) is 1. The topological polar surface area (TPSA) is 99.3 Å². The number of methoxy groups -OCH3 is 1. The smallest absolute Gasteiger partial charge is 0.409 e. The molecule has 2 saturated heterocycles. The predicted molar refractivity (Wildman–Crippen MR) is 116 cm³/mol. The van der Waals surface area contributed by atoms with Crippen molar-refractivity contribution in [3.63, 3.8) is 0 Å². The van der Waals surface area contributed by atoms with E-state index in [0.29, 0.717) is 25.2 Å². The van der Waals surface area contributed by atoms with E-state index >= 15 is 0 Å². The molecule has 0 saturated carbocycles. The first-order chi connectivity index (χ1) is 14.8. The fraction of sp³-hybridized carbons (Fsp3) is 0.619. The van der Waals surface area contributed by atoms with E-state index < -0.39 is 16.1 Å². The summed E-state index contributed by atoms with van der Waals surface area (Å²) in [6.07, 6.45) is 1.85. The van der Waals surface area contributed by atoms with Gasteiger partial charge in [0.05, 0.1) is 30.5 Å². The molecule has 0 spiro atoms. The summed E-state index contributed by atoms with van der Waals surface area (Å²) in [7, 11) is -0.953. The highest BCUT2D eigenvalue weighted by atomic mass is 32.2. The zero-order valence-electron chi connectivity index (χ0n) is 18.4. The van der Waals surface area contributed by atoms with Gasteiger partial charge in [-0.2, -0.15) is 0 Å². The second-order valence-electron chi connectivity index (χ2n) is 8.06. The second kappa shape index (κ2) is 9.97. The molecule has 0 bridgehead atoms. The van der Waals surface area contributed by atoms with Gasteiger partial charge in [0.2, 0.25) is 15.9 Å². The molecule has 1 aromatic carbocycles. The van der Waals surface area contributed by atoms with Crippen LogP contribution >= 0.6 is 0 Å². The standard InChI is InChI=1S/C21H32N4O5S/c1-16-18(15-23-10-6-7-11-23)25(13-12-24(16)21(27)30-3)20(26)14-17-8-4-5-9-19(17)31(28,29)22-2/h4-5,8-9,16,18,22H,6-7,10-15H2,1-3H3. The third-order valence-electron chi connectivity index (χ3n) is 6.28. The second-order valence-corrected chi connectivity index (χ2v) is 9.91. The molecule has 0 aliphatic carbocycles. The number of piperazine rings is 1. The van der Waals surface area contributed by atoms with E-state index in [1.807, 2.05) is 11.8 Å². The van der Waals surface area contributed by atoms with Gasteiger partial charge in [-0.05, 0) is 51.5 Å². The van der Waals surface area contributed by atoms with Crippen LogP contribution in [0.25, 0.3) is 0 Å². The van der Waals surface area contributed by atoms with Crippen molar-refractivity contribution in [2.75, 3.05) is 46.9 Å². The summed E-state index contributed by atoms with van der Waals surface area (Å²) < 4.78 is 32.0. The molecule has 172 valence electrons. The Labute approximate surface area is 184 Å². The number of likely N-dealkylation sites (tertiary alicyclic amines) is 1. The van der Waals surface area contributed by atoms with Crippen LogP contribution in [-0.2, 0) is 26.0 Å². The molecule has 10 heteroatoms. The van der Waals surface area contributed by atoms with Crippen LogP contribution in [0.4, 0.5) is 4.79 Å². The average molecular weight is 453 g/mol. The van der Waals surface area contributed by atoms with Crippen molar-refractivity contribution < 1.29 is 22.7 Å². The highest BCUT2D eigenvalue weighted by Crippen LogP contribution is 2.23. The van der Waals surface area contributed by atoms with Crippen molar-refractivity contribution in [1.82, 2.24) is 19.4 Å². The molecule has 1 N–H and O–H groups in total. The molecule has 31 heavy (non-hydrogen) atoms. The number of rotatable bonds is 6. The number of nitrogens with zero attached hydrogens (tertiary/aromatic N) is 3. The molecule has 2 amide bonds. The van der Waals surface area contributed by atoms with E-state index in [2.05, 4.69) is 9.62 Å². The van der Waals surface area contributed by atoms with Crippen molar-refractivity contribution in [3.8, 4) is 0 Å². The zero-order valence-corrected chi connectivity index (χ0v) is 19.2. The maximum atomic E-state index is 13.4. The van der Waals surface area contributed by atoms with Gasteiger partial charge in [0, 0.05) is 19.6 Å². The summed E-state index contributed by atoms with van der Waals surface area (Å²) in [6.45, 7) is 5.34. The quantitative estimate of drug-likeness (QED) is 0.689. The minimum Gasteiger partial charge on any atom is -0.453 e. The normalized spacial score (nSPS) is 22.5. The van der Waals surface area contributed by atoms with Gasteiger partial charge in [-0.15, -0.1) is 0 Å². The molecule has 2 aliphatic rings. The highest BCUT2D eigenvalue weighted by Gasteiger charge is 2.40. The summed E-state index contributed by atoms with van der Waals surface area (Å²) in [4.78, 5) is 31.5. The number of benzene rings is 1. The van der Waals surface area contributed by atoms with E-state index in [9.17, 15) is 18.0 Å². The van der Waals surface area contributed by atoms with Gasteiger partial charge in [-0.25, -0.2) is 17.9 Å². The number of carbonyl (C=O) groups is 2. The van der Waals surface area contributed by atoms with Gasteiger partial charge in [-0.1, -0.05) is 18.2 Å². The average Bonchev–Trinajstić information content (AvgIpc) is 3.28. The number of ether oxygens (including phenoxy) is 1. The Bertz CT molecular complexity index is 901. The van der Waals surface area contributed by atoms with Gasteiger partial charge < -0.3 is 19.4 Å². The van der Waals surface area contributed by atoms with Gasteiger partial charge in [0.1, 0.15) is 0 Å². The molecule has 2 atom stereocenters. The summed E-state index contributed by atoms with van der Waals surface area (Å²) in [6, 6.07) is 6.16. The van der Waals surface area contributed by atoms with Crippen molar-refractivity contribution >= 4 is 22.0 Å². The summed E-state index contributed by atoms with van der Waals surface area (Å²) in [5, 5.41) is 0. The van der Waals surface area contributed by atoms with E-state index in [1.54, 1.807) is 23.1 Å². The zero-order chi connectivity index (χ0) is 22.6. The van der Waals surface area contributed by atoms with E-state index in [0.717, 1.165) is 25.9 Å². The van der Waals surface area contributed by atoms with Crippen LogP contribution in [0.2, 0.25) is 0 Å². The van der Waals surface area contributed by atoms with Crippen LogP contribution in [0, 0.1) is 0 Å². The number of amides is 2. The molecule has 2 unspecified atom stereocenters. The molecule has 1 aromatic rings. The lowest BCUT2D eigenvalue weighted by Crippen LogP contribution is -2.64. The Balaban J connectivity index is 1.84. The van der Waals surface area contributed by atoms with Crippen LogP contribution in [0.15, 0.2) is 29.2 Å². The van der Waals surface area contributed by atoms with Crippen LogP contribution in [0.5, 0.6) is 0 Å². The highest BCUT2D eigenvalue weighted by molar-refractivity contribution is 7.89. The minimum atomic E-state index is -3.67. The largest absolute Gasteiger partial charge is 0.453 e. The molecule has 2 fully saturated rings. The lowest BCUT2D eigenvalue weighted by Gasteiger charge is -2.47. The molecule has 2 aliphatic heterocycles. The monoisotopic (exact) mass is 452 g/mol. The third-order valence-corrected chi connectivity index (χ3v) is 7.79. The van der Waals surface area contributed by atoms with Crippen molar-refractivity contribution in [2.45, 2.75) is 43.2 Å². The van der Waals surface area contributed by atoms with Crippen molar-refractivity contribution in [1.29, 1.82) is 0 Å². The third kappa shape index (κ3) is 5.19. The van der Waals surface area contributed by atoms with Crippen LogP contribution in [0.3, 0.4) is 0 Å². The summed E-state index contributed by atoms with van der Waals surface area (Å²) >= 11 is 0. The van der Waals surface area contributed by atoms with Crippen LogP contribution in [-0.4, -0.2) is 94.1 Å². The minimum absolute atomic E-state index is 0.0153. The lowest BCUT2D eigenvalue weighted by atomic mass is 10.0. The molecule has 0 radical (unpaired) electrons. The van der Waals surface area contributed by atoms with E-state index in [4.69, 9.17) is 4.74 Å². The summed E-state index contributed by atoms with van der Waals surface area (Å²) in [5.41, 5.74) is 0.463. The fourth-order valence-corrected chi connectivity index (χ4v) is 5.47. The maximum absolute atomic E-state index is 13.4. The maximum Gasteiger partial charge on any atom is 0.409 e. The molecular weight excluding hydrogens is 420 g/mol. The van der Waals surface area contributed by atoms with Gasteiger partial charge >= 0.3 is 6.09 Å². The van der Waals surface area contributed by atoms with Crippen LogP contribution < -0.4 is 4.72 Å². The molecule has 3 rings (SSSR count). The first-order valence-electron chi connectivity index (χ1n) is 10.7. The molecule has 2 heterocycles. The summed E-state index contributed by atoms with van der Waals surface area (Å²) in [5.74, 6) is -0.140. The molecular formula is C21H32N4O5S. The van der Waals surface area contributed by atoms with Gasteiger partial charge in [0.15, 0.2) is 0 Å². The molecule has 9 nitrogen and oxygen atoms in total. The number of sulfonamides is 1. The lowest BCUT2D eigenvalue weighted by molar-refractivity contribution is -0.137. The van der Waals surface area contributed by atoms with Gasteiger partial charge in [-0.3, -0.25) is 4.79 Å². The van der Waals surface area contributed by atoms with Gasteiger partial charge in [0.25, 0.3) is 0 Å². The SMILES string of the molecule is CNS(=O)(=O)c1ccccc1CC(=O)N1CCN(C(=O)OC)C(C)C1CN1CCCC1. The first kappa shape index (κ1) is 23.5. The van der Waals surface area contributed by atoms with Crippen LogP contribution in [0.1, 0.15) is 25.3 Å². The van der Waals surface area contributed by atoms with Crippen molar-refractivity contribution in [2.24, 2.45) is 0 Å². The Kier molecular flexibility index (Phi) is 7.55. The van der Waals surface area contributed by atoms with E-state index in [1.165, 1.54) is 20.2 Å². The Morgan fingerprint density at radius 3 is 2.39 bits per heavy atom. The Morgan fingerprint density at radius 2 is 1.74 bits per heavy atom. The predicted octanol–water partition coefficient (Wildman–Crippen LogP) is 0.901. The number of hydrogen-bond acceptors (Lipinski definition) is 6.